The summed E-state index contributed by atoms with van der Waals surface area (Å²) < 4.78 is 0. The van der Waals surface area contributed by atoms with Gasteiger partial charge >= 0.3 is 0 Å². The number of anilines is 2. The van der Waals surface area contributed by atoms with Gasteiger partial charge in [-0.05, 0) is 18.6 Å². The van der Waals surface area contributed by atoms with E-state index in [9.17, 15) is 0 Å². The maximum atomic E-state index is 4.40. The van der Waals surface area contributed by atoms with E-state index in [1.807, 2.05) is 25.4 Å². The van der Waals surface area contributed by atoms with E-state index in [2.05, 4.69) is 34.6 Å². The van der Waals surface area contributed by atoms with Crippen molar-refractivity contribution in [1.29, 1.82) is 0 Å². The van der Waals surface area contributed by atoms with Gasteiger partial charge in [-0.2, -0.15) is 0 Å². The predicted octanol–water partition coefficient (Wildman–Crippen LogP) is 0.586. The summed E-state index contributed by atoms with van der Waals surface area (Å²) in [7, 11) is 0. The fourth-order valence-corrected chi connectivity index (χ4v) is 3.14. The van der Waals surface area contributed by atoms with Crippen molar-refractivity contribution >= 4 is 11.9 Å². The smallest absolute Gasteiger partial charge is 0.225 e. The van der Waals surface area contributed by atoms with Gasteiger partial charge in [0.15, 0.2) is 0 Å². The molecule has 2 fully saturated rings. The van der Waals surface area contributed by atoms with Gasteiger partial charge in [-0.1, -0.05) is 0 Å². The first-order valence-corrected chi connectivity index (χ1v) is 8.09. The molecule has 0 amide bonds. The molecule has 0 saturated carbocycles. The van der Waals surface area contributed by atoms with Crippen molar-refractivity contribution in [2.24, 2.45) is 0 Å². The van der Waals surface area contributed by atoms with Crippen molar-refractivity contribution < 1.29 is 0 Å². The molecular weight excluding hydrogens is 290 g/mol. The van der Waals surface area contributed by atoms with Crippen LogP contribution in [0.15, 0.2) is 30.9 Å². The molecule has 2 aliphatic heterocycles. The van der Waals surface area contributed by atoms with Crippen molar-refractivity contribution in [2.45, 2.75) is 13.0 Å². The van der Waals surface area contributed by atoms with Gasteiger partial charge in [0, 0.05) is 70.1 Å². The zero-order chi connectivity index (χ0) is 15.6. The molecule has 0 spiro atoms. The Bertz CT molecular complexity index is 631. The molecule has 2 aliphatic rings. The van der Waals surface area contributed by atoms with Crippen molar-refractivity contribution in [3.8, 4) is 0 Å². The first-order valence-electron chi connectivity index (χ1n) is 8.09. The summed E-state index contributed by atoms with van der Waals surface area (Å²) in [4.78, 5) is 24.5. The Labute approximate surface area is 136 Å². The molecule has 2 aromatic rings. The number of piperazine rings is 1. The Morgan fingerprint density at radius 1 is 0.826 bits per heavy atom. The van der Waals surface area contributed by atoms with Gasteiger partial charge in [-0.15, -0.1) is 0 Å². The molecule has 0 atom stereocenters. The van der Waals surface area contributed by atoms with Gasteiger partial charge in [0.1, 0.15) is 0 Å². The van der Waals surface area contributed by atoms with Crippen LogP contribution in [-0.2, 0) is 0 Å². The number of nitrogens with zero attached hydrogens (tertiary/aromatic N) is 7. The average molecular weight is 311 g/mol. The number of rotatable bonds is 3. The molecule has 2 aromatic heterocycles. The lowest BCUT2D eigenvalue weighted by Crippen LogP contribution is -2.63. The van der Waals surface area contributed by atoms with Crippen LogP contribution < -0.4 is 9.80 Å². The minimum Gasteiger partial charge on any atom is -0.338 e. The molecule has 0 aliphatic carbocycles. The fraction of sp³-hybridized carbons (Fsp3) is 0.500. The summed E-state index contributed by atoms with van der Waals surface area (Å²) in [5.41, 5.74) is 1.10. The third-order valence-electron chi connectivity index (χ3n) is 4.58. The Hall–Kier alpha value is -2.28. The maximum absolute atomic E-state index is 4.40. The number of hydrogen-bond acceptors (Lipinski definition) is 7. The topological polar surface area (TPSA) is 61.3 Å². The highest BCUT2D eigenvalue weighted by atomic mass is 15.4. The Balaban J connectivity index is 1.28. The minimum absolute atomic E-state index is 0.610. The Kier molecular flexibility index (Phi) is 3.78. The number of hydrogen-bond donors (Lipinski definition) is 0. The van der Waals surface area contributed by atoms with Crippen molar-refractivity contribution in [1.82, 2.24) is 24.8 Å². The molecule has 0 aromatic carbocycles. The van der Waals surface area contributed by atoms with E-state index in [0.29, 0.717) is 6.04 Å². The van der Waals surface area contributed by atoms with Crippen molar-refractivity contribution in [2.75, 3.05) is 49.1 Å². The van der Waals surface area contributed by atoms with Crippen LogP contribution in [0.2, 0.25) is 0 Å². The second-order valence-electron chi connectivity index (χ2n) is 6.19. The molecule has 7 heteroatoms. The Morgan fingerprint density at radius 2 is 1.43 bits per heavy atom. The maximum Gasteiger partial charge on any atom is 0.225 e. The van der Waals surface area contributed by atoms with Crippen molar-refractivity contribution in [3.63, 3.8) is 0 Å². The van der Waals surface area contributed by atoms with Crippen LogP contribution >= 0.6 is 0 Å². The highest BCUT2D eigenvalue weighted by Gasteiger charge is 2.34. The van der Waals surface area contributed by atoms with E-state index >= 15 is 0 Å². The Morgan fingerprint density at radius 3 is 2.09 bits per heavy atom. The molecule has 7 nitrogen and oxygen atoms in total. The standard InChI is InChI=1S/C16H21N7/c1-13-9-19-16(20-10-13)23-11-14(12-23)21-5-7-22(8-6-21)15-17-3-2-4-18-15/h2-4,9-10,14H,5-8,11-12H2,1H3. The van der Waals surface area contributed by atoms with Crippen LogP contribution in [0.25, 0.3) is 0 Å². The summed E-state index contributed by atoms with van der Waals surface area (Å²) in [6.07, 6.45) is 7.38. The third kappa shape index (κ3) is 2.96. The molecule has 4 heterocycles. The summed E-state index contributed by atoms with van der Waals surface area (Å²) in [5.74, 6) is 1.69. The fourth-order valence-electron chi connectivity index (χ4n) is 3.14. The summed E-state index contributed by atoms with van der Waals surface area (Å²) in [5, 5.41) is 0. The zero-order valence-corrected chi connectivity index (χ0v) is 13.3. The molecule has 0 N–H and O–H groups in total. The van der Waals surface area contributed by atoms with Crippen LogP contribution in [0.1, 0.15) is 5.56 Å². The monoisotopic (exact) mass is 311 g/mol. The highest BCUT2D eigenvalue weighted by molar-refractivity contribution is 5.36. The first kappa shape index (κ1) is 14.3. The van der Waals surface area contributed by atoms with Crippen LogP contribution in [0.4, 0.5) is 11.9 Å². The lowest BCUT2D eigenvalue weighted by molar-refractivity contribution is 0.155. The molecule has 0 bridgehead atoms. The molecule has 0 radical (unpaired) electrons. The van der Waals surface area contributed by atoms with E-state index in [1.165, 1.54) is 0 Å². The highest BCUT2D eigenvalue weighted by Crippen LogP contribution is 2.21. The van der Waals surface area contributed by atoms with Crippen LogP contribution in [0.3, 0.4) is 0 Å². The van der Waals surface area contributed by atoms with Gasteiger partial charge in [0.25, 0.3) is 0 Å². The third-order valence-corrected chi connectivity index (χ3v) is 4.58. The first-order chi connectivity index (χ1) is 11.3. The van der Waals surface area contributed by atoms with Crippen LogP contribution in [0.5, 0.6) is 0 Å². The molecule has 120 valence electrons. The second kappa shape index (κ2) is 6.08. The molecule has 2 saturated heterocycles. The lowest BCUT2D eigenvalue weighted by atomic mass is 10.1. The van der Waals surface area contributed by atoms with Gasteiger partial charge in [0.05, 0.1) is 0 Å². The van der Waals surface area contributed by atoms with Crippen molar-refractivity contribution in [3.05, 3.63) is 36.4 Å². The normalized spacial score (nSPS) is 19.7. The van der Waals surface area contributed by atoms with E-state index in [-0.39, 0.29) is 0 Å². The van der Waals surface area contributed by atoms with Gasteiger partial charge < -0.3 is 9.80 Å². The summed E-state index contributed by atoms with van der Waals surface area (Å²) >= 11 is 0. The average Bonchev–Trinajstić information content (AvgIpc) is 2.57. The van der Waals surface area contributed by atoms with E-state index in [0.717, 1.165) is 56.7 Å². The molecular formula is C16H21N7. The molecule has 23 heavy (non-hydrogen) atoms. The lowest BCUT2D eigenvalue weighted by Gasteiger charge is -2.48. The van der Waals surface area contributed by atoms with E-state index in [4.69, 9.17) is 0 Å². The minimum atomic E-state index is 0.610. The molecule has 4 rings (SSSR count). The van der Waals surface area contributed by atoms with Crippen LogP contribution in [-0.4, -0.2) is 70.1 Å². The quantitative estimate of drug-likeness (QED) is 0.822. The SMILES string of the molecule is Cc1cnc(N2CC(N3CCN(c4ncccn4)CC3)C2)nc1. The van der Waals surface area contributed by atoms with Crippen LogP contribution in [0, 0.1) is 6.92 Å². The van der Waals surface area contributed by atoms with E-state index in [1.54, 1.807) is 12.4 Å². The van der Waals surface area contributed by atoms with Gasteiger partial charge in [-0.3, -0.25) is 4.90 Å². The summed E-state index contributed by atoms with van der Waals surface area (Å²) in [6.45, 7) is 8.15. The largest absolute Gasteiger partial charge is 0.338 e. The number of aromatic nitrogens is 4. The van der Waals surface area contributed by atoms with E-state index < -0.39 is 0 Å². The number of aryl methyl sites for hydroxylation is 1. The zero-order valence-electron chi connectivity index (χ0n) is 13.3. The molecule has 0 unspecified atom stereocenters. The predicted molar refractivity (Wildman–Crippen MR) is 88.6 cm³/mol. The van der Waals surface area contributed by atoms with Gasteiger partial charge in [-0.25, -0.2) is 19.9 Å². The second-order valence-corrected chi connectivity index (χ2v) is 6.19. The van der Waals surface area contributed by atoms with Gasteiger partial charge in [0.2, 0.25) is 11.9 Å². The summed E-state index contributed by atoms with van der Waals surface area (Å²) in [6, 6.07) is 2.47.